The number of aromatic nitrogens is 2. The second-order valence-electron chi connectivity index (χ2n) is 10.3. The molecule has 0 saturated carbocycles. The second kappa shape index (κ2) is 10.8. The van der Waals surface area contributed by atoms with Crippen LogP contribution in [0.2, 0.25) is 0 Å². The van der Waals surface area contributed by atoms with E-state index in [1.54, 1.807) is 18.2 Å². The molecule has 0 radical (unpaired) electrons. The van der Waals surface area contributed by atoms with Crippen LogP contribution in [-0.4, -0.2) is 59.1 Å². The van der Waals surface area contributed by atoms with E-state index in [0.717, 1.165) is 70.7 Å². The van der Waals surface area contributed by atoms with Crippen LogP contribution in [-0.2, 0) is 13.0 Å². The normalized spacial score (nSPS) is 18.6. The molecule has 1 saturated heterocycles. The van der Waals surface area contributed by atoms with Crippen molar-refractivity contribution < 1.29 is 4.79 Å². The van der Waals surface area contributed by atoms with Gasteiger partial charge in [-0.25, -0.2) is 4.98 Å². The summed E-state index contributed by atoms with van der Waals surface area (Å²) in [4.78, 5) is 35.5. The molecule has 1 amide bonds. The Labute approximate surface area is 213 Å². The zero-order chi connectivity index (χ0) is 25.1. The van der Waals surface area contributed by atoms with E-state index in [9.17, 15) is 9.59 Å². The fourth-order valence-electron chi connectivity index (χ4n) is 5.59. The monoisotopic (exact) mass is 487 g/mol. The largest absolute Gasteiger partial charge is 0.366 e. The molecule has 0 bridgehead atoms. The van der Waals surface area contributed by atoms with Gasteiger partial charge in [-0.05, 0) is 75.5 Å². The maximum absolute atomic E-state index is 12.9. The van der Waals surface area contributed by atoms with E-state index in [1.165, 1.54) is 11.3 Å². The molecular weight excluding hydrogens is 450 g/mol. The third-order valence-electron chi connectivity index (χ3n) is 7.56. The molecule has 2 aliphatic rings. The molecule has 2 aromatic carbocycles. The molecule has 0 spiro atoms. The van der Waals surface area contributed by atoms with Gasteiger partial charge < -0.3 is 10.2 Å². The minimum absolute atomic E-state index is 0.0144. The smallest absolute Gasteiger partial charge is 0.261 e. The molecule has 3 aromatic rings. The number of carbonyl (C=O) groups excluding carboxylic acids is 1. The number of hydrogen-bond donors (Lipinski definition) is 1. The molecule has 7 nitrogen and oxygen atoms in total. The van der Waals surface area contributed by atoms with Gasteiger partial charge >= 0.3 is 0 Å². The number of nitrogens with zero attached hydrogens (tertiary/aromatic N) is 4. The van der Waals surface area contributed by atoms with E-state index >= 15 is 0 Å². The van der Waals surface area contributed by atoms with Crippen LogP contribution in [0.25, 0.3) is 10.9 Å². The Kier molecular flexibility index (Phi) is 7.37. The highest BCUT2D eigenvalue weighted by molar-refractivity contribution is 5.97. The molecule has 1 unspecified atom stereocenters. The maximum Gasteiger partial charge on any atom is 0.261 e. The van der Waals surface area contributed by atoms with Gasteiger partial charge in [0.05, 0.1) is 10.9 Å². The molecule has 7 heteroatoms. The van der Waals surface area contributed by atoms with E-state index in [4.69, 9.17) is 4.98 Å². The fourth-order valence-corrected chi connectivity index (χ4v) is 5.59. The topological polar surface area (TPSA) is 70.5 Å². The molecule has 1 fully saturated rings. The number of anilines is 1. The highest BCUT2D eigenvalue weighted by Gasteiger charge is 2.23. The van der Waals surface area contributed by atoms with Crippen LogP contribution < -0.4 is 15.8 Å². The fraction of sp³-hybridized carbons (Fsp3) is 0.483. The van der Waals surface area contributed by atoms with E-state index in [-0.39, 0.29) is 11.5 Å². The minimum atomic E-state index is -0.105. The Morgan fingerprint density at radius 1 is 1.08 bits per heavy atom. The van der Waals surface area contributed by atoms with Crippen molar-refractivity contribution in [2.45, 2.75) is 58.5 Å². The molecule has 0 aliphatic carbocycles. The molecule has 190 valence electrons. The van der Waals surface area contributed by atoms with Gasteiger partial charge in [-0.15, -0.1) is 0 Å². The van der Waals surface area contributed by atoms with Gasteiger partial charge in [-0.2, -0.15) is 0 Å². The highest BCUT2D eigenvalue weighted by atomic mass is 16.1. The first-order valence-electron chi connectivity index (χ1n) is 13.4. The van der Waals surface area contributed by atoms with E-state index < -0.39 is 0 Å². The van der Waals surface area contributed by atoms with Gasteiger partial charge in [0.2, 0.25) is 0 Å². The van der Waals surface area contributed by atoms with Crippen molar-refractivity contribution in [2.24, 2.45) is 0 Å². The minimum Gasteiger partial charge on any atom is -0.366 e. The molecule has 5 rings (SSSR count). The average Bonchev–Trinajstić information content (AvgIpc) is 3.12. The van der Waals surface area contributed by atoms with Gasteiger partial charge in [0.25, 0.3) is 11.5 Å². The lowest BCUT2D eigenvalue weighted by Gasteiger charge is -2.41. The lowest BCUT2D eigenvalue weighted by Crippen LogP contribution is -2.52. The number of nitrogens with one attached hydrogen (secondary N) is 1. The predicted molar refractivity (Wildman–Crippen MR) is 145 cm³/mol. The summed E-state index contributed by atoms with van der Waals surface area (Å²) in [6.07, 6.45) is 4.91. The number of benzene rings is 2. The van der Waals surface area contributed by atoms with Gasteiger partial charge in [0, 0.05) is 56.4 Å². The van der Waals surface area contributed by atoms with Gasteiger partial charge in [-0.3, -0.25) is 19.1 Å². The lowest BCUT2D eigenvalue weighted by atomic mass is 10.1. The van der Waals surface area contributed by atoms with Crippen molar-refractivity contribution in [3.63, 3.8) is 0 Å². The van der Waals surface area contributed by atoms with Crippen LogP contribution in [0.5, 0.6) is 0 Å². The summed E-state index contributed by atoms with van der Waals surface area (Å²) in [7, 11) is 0. The summed E-state index contributed by atoms with van der Waals surface area (Å²) in [5.41, 5.74) is 3.80. The summed E-state index contributed by atoms with van der Waals surface area (Å²) >= 11 is 0. The predicted octanol–water partition coefficient (Wildman–Crippen LogP) is 3.76. The Balaban J connectivity index is 1.13. The van der Waals surface area contributed by atoms with Crippen molar-refractivity contribution in [3.05, 3.63) is 69.8 Å². The first-order valence-corrected chi connectivity index (χ1v) is 13.4. The summed E-state index contributed by atoms with van der Waals surface area (Å²) in [6, 6.07) is 14.5. The lowest BCUT2D eigenvalue weighted by molar-refractivity contribution is 0.0951. The van der Waals surface area contributed by atoms with Crippen molar-refractivity contribution in [1.29, 1.82) is 0 Å². The summed E-state index contributed by atoms with van der Waals surface area (Å²) in [5.74, 6) is 0.741. The average molecular weight is 488 g/mol. The number of aryl methyl sites for hydroxylation is 2. The highest BCUT2D eigenvalue weighted by Crippen LogP contribution is 2.22. The van der Waals surface area contributed by atoms with Gasteiger partial charge in [0.15, 0.2) is 0 Å². The number of fused-ring (bicyclic) bond motifs is 2. The summed E-state index contributed by atoms with van der Waals surface area (Å²) in [6.45, 7) is 9.83. The summed E-state index contributed by atoms with van der Waals surface area (Å²) < 4.78 is 1.82. The number of amides is 1. The van der Waals surface area contributed by atoms with Crippen LogP contribution in [0.1, 0.15) is 54.4 Å². The van der Waals surface area contributed by atoms with E-state index in [1.807, 2.05) is 4.57 Å². The van der Waals surface area contributed by atoms with Crippen molar-refractivity contribution in [1.82, 2.24) is 19.8 Å². The van der Waals surface area contributed by atoms with Crippen LogP contribution in [0, 0.1) is 6.92 Å². The van der Waals surface area contributed by atoms with E-state index in [2.05, 4.69) is 53.2 Å². The standard InChI is InChI=1S/C29H37N5O2/c1-21-8-6-9-24(18-21)33-17-16-32(20-22(33)2)14-7-13-30-28(35)23-11-12-25-26(19-23)31-27-10-4-3-5-15-34(27)29(25)36/h6,8-9,11-12,18-19,22H,3-5,7,10,13-17,20H2,1-2H3,(H,30,35). The molecule has 2 aliphatic heterocycles. The number of hydrogen-bond acceptors (Lipinski definition) is 5. The Bertz CT molecular complexity index is 1300. The van der Waals surface area contributed by atoms with Crippen LogP contribution in [0.4, 0.5) is 5.69 Å². The summed E-state index contributed by atoms with van der Waals surface area (Å²) in [5, 5.41) is 3.65. The van der Waals surface area contributed by atoms with Crippen molar-refractivity contribution in [2.75, 3.05) is 37.6 Å². The molecule has 1 aromatic heterocycles. The van der Waals surface area contributed by atoms with Crippen LogP contribution >= 0.6 is 0 Å². The third-order valence-corrected chi connectivity index (χ3v) is 7.56. The van der Waals surface area contributed by atoms with Gasteiger partial charge in [-0.1, -0.05) is 18.6 Å². The van der Waals surface area contributed by atoms with Crippen molar-refractivity contribution in [3.8, 4) is 0 Å². The first kappa shape index (κ1) is 24.5. The molecule has 1 atom stereocenters. The SMILES string of the molecule is Cc1cccc(N2CCN(CCCNC(=O)c3ccc4c(=O)n5c(nc4c3)CCCCC5)CC2C)c1. The molecule has 1 N–H and O–H groups in total. The zero-order valence-corrected chi connectivity index (χ0v) is 21.5. The molecular formula is C29H37N5O2. The Morgan fingerprint density at radius 3 is 2.81 bits per heavy atom. The maximum atomic E-state index is 12.9. The number of rotatable bonds is 6. The van der Waals surface area contributed by atoms with Crippen LogP contribution in [0.15, 0.2) is 47.3 Å². The Morgan fingerprint density at radius 2 is 1.97 bits per heavy atom. The number of piperazine rings is 1. The van der Waals surface area contributed by atoms with Crippen molar-refractivity contribution >= 4 is 22.5 Å². The second-order valence-corrected chi connectivity index (χ2v) is 10.3. The molecule has 3 heterocycles. The zero-order valence-electron chi connectivity index (χ0n) is 21.5. The van der Waals surface area contributed by atoms with Gasteiger partial charge in [0.1, 0.15) is 5.82 Å². The number of carbonyl (C=O) groups is 1. The quantitative estimate of drug-likeness (QED) is 0.536. The van der Waals surface area contributed by atoms with Crippen LogP contribution in [0.3, 0.4) is 0 Å². The Hall–Kier alpha value is -3.19. The van der Waals surface area contributed by atoms with E-state index in [0.29, 0.717) is 29.1 Å². The molecule has 36 heavy (non-hydrogen) atoms. The first-order chi connectivity index (χ1) is 17.5. The third kappa shape index (κ3) is 5.31.